The molecule has 0 amide bonds. The zero-order chi connectivity index (χ0) is 12.5. The molecule has 0 radical (unpaired) electrons. The van der Waals surface area contributed by atoms with Crippen LogP contribution in [0.4, 0.5) is 0 Å². The lowest BCUT2D eigenvalue weighted by atomic mass is 9.97. The van der Waals surface area contributed by atoms with E-state index in [1.54, 1.807) is 0 Å². The largest absolute Gasteiger partial charge is 0.481 e. The molecule has 0 aromatic heterocycles. The van der Waals surface area contributed by atoms with E-state index in [1.165, 1.54) is 0 Å². The molecule has 0 fully saturated rings. The van der Waals surface area contributed by atoms with E-state index < -0.39 is 5.97 Å². The maximum Gasteiger partial charge on any atom is 0.306 e. The Labute approximate surface area is 102 Å². The maximum absolute atomic E-state index is 11.1. The Balaban J connectivity index is 2.41. The molecular formula is C14H20O3. The molecule has 0 aliphatic carbocycles. The van der Waals surface area contributed by atoms with Gasteiger partial charge in [-0.2, -0.15) is 0 Å². The second kappa shape index (κ2) is 7.85. The Hall–Kier alpha value is -1.35. The molecule has 1 aromatic rings. The Kier molecular flexibility index (Phi) is 6.33. The molecule has 1 N–H and O–H groups in total. The van der Waals surface area contributed by atoms with Crippen molar-refractivity contribution in [1.82, 2.24) is 0 Å². The summed E-state index contributed by atoms with van der Waals surface area (Å²) in [5, 5.41) is 9.14. The third-order valence-corrected chi connectivity index (χ3v) is 2.63. The molecule has 0 saturated carbocycles. The van der Waals surface area contributed by atoms with E-state index in [1.807, 2.05) is 37.3 Å². The van der Waals surface area contributed by atoms with Crippen molar-refractivity contribution in [1.29, 1.82) is 0 Å². The number of ether oxygens (including phenoxy) is 1. The van der Waals surface area contributed by atoms with E-state index >= 15 is 0 Å². The predicted octanol–water partition coefficient (Wildman–Crippen LogP) is 2.75. The van der Waals surface area contributed by atoms with E-state index in [0.29, 0.717) is 26.1 Å². The highest BCUT2D eigenvalue weighted by molar-refractivity contribution is 5.70. The van der Waals surface area contributed by atoms with Crippen LogP contribution in [0.25, 0.3) is 0 Å². The lowest BCUT2D eigenvalue weighted by Crippen LogP contribution is -2.18. The fourth-order valence-corrected chi connectivity index (χ4v) is 1.68. The van der Waals surface area contributed by atoms with Crippen molar-refractivity contribution in [2.45, 2.75) is 26.2 Å². The minimum atomic E-state index is -0.742. The van der Waals surface area contributed by atoms with Crippen LogP contribution in [0.2, 0.25) is 0 Å². The van der Waals surface area contributed by atoms with E-state index in [0.717, 1.165) is 12.0 Å². The number of benzene rings is 1. The minimum Gasteiger partial charge on any atom is -0.481 e. The summed E-state index contributed by atoms with van der Waals surface area (Å²) in [6, 6.07) is 9.72. The highest BCUT2D eigenvalue weighted by Crippen LogP contribution is 2.13. The molecule has 0 heterocycles. The van der Waals surface area contributed by atoms with E-state index in [4.69, 9.17) is 9.84 Å². The van der Waals surface area contributed by atoms with Crippen LogP contribution in [0.5, 0.6) is 0 Å². The van der Waals surface area contributed by atoms with Crippen molar-refractivity contribution in [3.63, 3.8) is 0 Å². The SMILES string of the molecule is CCCOCCC(Cc1ccccc1)C(=O)O. The van der Waals surface area contributed by atoms with Crippen LogP contribution in [0.1, 0.15) is 25.3 Å². The second-order valence-corrected chi connectivity index (χ2v) is 4.13. The summed E-state index contributed by atoms with van der Waals surface area (Å²) in [6.45, 7) is 3.27. The van der Waals surface area contributed by atoms with Crippen LogP contribution in [0.15, 0.2) is 30.3 Å². The van der Waals surface area contributed by atoms with Crippen LogP contribution >= 0.6 is 0 Å². The minimum absolute atomic E-state index is 0.353. The van der Waals surface area contributed by atoms with Crippen LogP contribution in [-0.2, 0) is 16.0 Å². The third kappa shape index (κ3) is 5.50. The topological polar surface area (TPSA) is 46.5 Å². The normalized spacial score (nSPS) is 12.3. The zero-order valence-corrected chi connectivity index (χ0v) is 10.3. The predicted molar refractivity (Wildman–Crippen MR) is 67.0 cm³/mol. The second-order valence-electron chi connectivity index (χ2n) is 4.13. The first kappa shape index (κ1) is 13.7. The molecule has 0 aliphatic heterocycles. The number of hydrogen-bond acceptors (Lipinski definition) is 2. The van der Waals surface area contributed by atoms with Gasteiger partial charge in [0.1, 0.15) is 0 Å². The fourth-order valence-electron chi connectivity index (χ4n) is 1.68. The lowest BCUT2D eigenvalue weighted by molar-refractivity contribution is -0.142. The highest BCUT2D eigenvalue weighted by atomic mass is 16.5. The van der Waals surface area contributed by atoms with Crippen molar-refractivity contribution < 1.29 is 14.6 Å². The van der Waals surface area contributed by atoms with Crippen molar-refractivity contribution in [3.8, 4) is 0 Å². The van der Waals surface area contributed by atoms with Crippen LogP contribution in [0.3, 0.4) is 0 Å². The van der Waals surface area contributed by atoms with E-state index in [-0.39, 0.29) is 5.92 Å². The highest BCUT2D eigenvalue weighted by Gasteiger charge is 2.17. The van der Waals surface area contributed by atoms with E-state index in [9.17, 15) is 4.79 Å². The third-order valence-electron chi connectivity index (χ3n) is 2.63. The monoisotopic (exact) mass is 236 g/mol. The van der Waals surface area contributed by atoms with Gasteiger partial charge < -0.3 is 9.84 Å². The van der Waals surface area contributed by atoms with Gasteiger partial charge in [-0.15, -0.1) is 0 Å². The number of carbonyl (C=O) groups is 1. The van der Waals surface area contributed by atoms with Gasteiger partial charge >= 0.3 is 5.97 Å². The zero-order valence-electron chi connectivity index (χ0n) is 10.3. The Morgan fingerprint density at radius 3 is 2.59 bits per heavy atom. The van der Waals surface area contributed by atoms with Crippen molar-refractivity contribution in [2.75, 3.05) is 13.2 Å². The molecule has 17 heavy (non-hydrogen) atoms. The van der Waals surface area contributed by atoms with Crippen LogP contribution in [0, 0.1) is 5.92 Å². The van der Waals surface area contributed by atoms with Gasteiger partial charge in [0.25, 0.3) is 0 Å². The summed E-state index contributed by atoms with van der Waals surface area (Å²) in [5.74, 6) is -1.09. The van der Waals surface area contributed by atoms with Gasteiger partial charge in [0.05, 0.1) is 5.92 Å². The summed E-state index contributed by atoms with van der Waals surface area (Å²) in [5.41, 5.74) is 1.07. The first-order valence-electron chi connectivity index (χ1n) is 6.08. The summed E-state index contributed by atoms with van der Waals surface area (Å²) in [6.07, 6.45) is 2.12. The van der Waals surface area contributed by atoms with Crippen LogP contribution in [-0.4, -0.2) is 24.3 Å². The molecular weight excluding hydrogens is 216 g/mol. The molecule has 1 rings (SSSR count). The number of carboxylic acids is 1. The van der Waals surface area contributed by atoms with Crippen molar-refractivity contribution in [3.05, 3.63) is 35.9 Å². The average molecular weight is 236 g/mol. The van der Waals surface area contributed by atoms with Gasteiger partial charge in [0.2, 0.25) is 0 Å². The number of aliphatic carboxylic acids is 1. The van der Waals surface area contributed by atoms with Crippen molar-refractivity contribution >= 4 is 5.97 Å². The molecule has 3 nitrogen and oxygen atoms in total. The number of carboxylic acid groups (broad SMARTS) is 1. The molecule has 1 atom stereocenters. The Morgan fingerprint density at radius 1 is 1.29 bits per heavy atom. The Morgan fingerprint density at radius 2 is 2.00 bits per heavy atom. The molecule has 0 saturated heterocycles. The fraction of sp³-hybridized carbons (Fsp3) is 0.500. The summed E-state index contributed by atoms with van der Waals surface area (Å²) in [4.78, 5) is 11.1. The van der Waals surface area contributed by atoms with Gasteiger partial charge in [-0.05, 0) is 24.8 Å². The van der Waals surface area contributed by atoms with Gasteiger partial charge in [0, 0.05) is 13.2 Å². The van der Waals surface area contributed by atoms with E-state index in [2.05, 4.69) is 0 Å². The smallest absolute Gasteiger partial charge is 0.306 e. The summed E-state index contributed by atoms with van der Waals surface area (Å²) in [7, 11) is 0. The average Bonchev–Trinajstić information content (AvgIpc) is 2.34. The number of hydrogen-bond donors (Lipinski definition) is 1. The molecule has 94 valence electrons. The van der Waals surface area contributed by atoms with Gasteiger partial charge in [-0.3, -0.25) is 4.79 Å². The molecule has 0 aliphatic rings. The molecule has 1 unspecified atom stereocenters. The maximum atomic E-state index is 11.1. The van der Waals surface area contributed by atoms with Gasteiger partial charge in [-0.25, -0.2) is 0 Å². The molecule has 1 aromatic carbocycles. The number of rotatable bonds is 8. The van der Waals surface area contributed by atoms with Crippen LogP contribution < -0.4 is 0 Å². The molecule has 0 bridgehead atoms. The first-order chi connectivity index (χ1) is 8.24. The lowest BCUT2D eigenvalue weighted by Gasteiger charge is -2.12. The standard InChI is InChI=1S/C14H20O3/c1-2-9-17-10-8-13(14(15)16)11-12-6-4-3-5-7-12/h3-7,13H,2,8-11H2,1H3,(H,15,16). The quantitative estimate of drug-likeness (QED) is 0.706. The Bertz CT molecular complexity index is 321. The first-order valence-corrected chi connectivity index (χ1v) is 6.08. The van der Waals surface area contributed by atoms with Crippen molar-refractivity contribution in [2.24, 2.45) is 5.92 Å². The summed E-state index contributed by atoms with van der Waals surface area (Å²) >= 11 is 0. The molecule has 3 heteroatoms. The summed E-state index contributed by atoms with van der Waals surface area (Å²) < 4.78 is 5.34. The molecule has 0 spiro atoms. The van der Waals surface area contributed by atoms with Gasteiger partial charge in [-0.1, -0.05) is 37.3 Å². The van der Waals surface area contributed by atoms with Gasteiger partial charge in [0.15, 0.2) is 0 Å².